The average Bonchev–Trinajstić information content (AvgIpc) is 3.04. The minimum absolute atomic E-state index is 0.117. The van der Waals surface area contributed by atoms with Crippen LogP contribution in [0.4, 0.5) is 0 Å². The highest BCUT2D eigenvalue weighted by Gasteiger charge is 2.17. The molecule has 0 radical (unpaired) electrons. The molecule has 0 saturated carbocycles. The minimum Gasteiger partial charge on any atom is -0.493 e. The Hall–Kier alpha value is -1.30. The lowest BCUT2D eigenvalue weighted by Gasteiger charge is -2.19. The molecule has 1 aliphatic rings. The van der Waals surface area contributed by atoms with Gasteiger partial charge >= 0.3 is 0 Å². The molecule has 0 spiro atoms. The fourth-order valence-electron chi connectivity index (χ4n) is 2.84. The quantitative estimate of drug-likeness (QED) is 0.570. The fraction of sp³-hybridized carbons (Fsp3) is 0.625. The lowest BCUT2D eigenvalue weighted by atomic mass is 9.99. The SMILES string of the molecule is COc1ccc(C(CCCC2CCCO2)NN)cc1OC. The summed E-state index contributed by atoms with van der Waals surface area (Å²) in [6.07, 6.45) is 6.00. The summed E-state index contributed by atoms with van der Waals surface area (Å²) in [7, 11) is 3.28. The largest absolute Gasteiger partial charge is 0.493 e. The van der Waals surface area contributed by atoms with Gasteiger partial charge in [-0.3, -0.25) is 11.3 Å². The molecule has 0 amide bonds. The lowest BCUT2D eigenvalue weighted by molar-refractivity contribution is 0.101. The van der Waals surface area contributed by atoms with E-state index in [0.29, 0.717) is 6.10 Å². The predicted molar refractivity (Wildman–Crippen MR) is 82.4 cm³/mol. The summed E-state index contributed by atoms with van der Waals surface area (Å²) >= 11 is 0. The van der Waals surface area contributed by atoms with Gasteiger partial charge in [-0.05, 0) is 49.8 Å². The van der Waals surface area contributed by atoms with Gasteiger partial charge in [0.25, 0.3) is 0 Å². The van der Waals surface area contributed by atoms with Crippen LogP contribution in [0.1, 0.15) is 43.7 Å². The maximum atomic E-state index is 5.71. The van der Waals surface area contributed by atoms with E-state index in [4.69, 9.17) is 20.1 Å². The molecule has 5 heteroatoms. The van der Waals surface area contributed by atoms with Crippen molar-refractivity contribution in [1.82, 2.24) is 5.43 Å². The second-order valence-corrected chi connectivity index (χ2v) is 5.40. The fourth-order valence-corrected chi connectivity index (χ4v) is 2.84. The van der Waals surface area contributed by atoms with Crippen LogP contribution in [0.3, 0.4) is 0 Å². The van der Waals surface area contributed by atoms with Crippen LogP contribution in [-0.4, -0.2) is 26.9 Å². The first-order chi connectivity index (χ1) is 10.3. The molecule has 1 aliphatic heterocycles. The third-order valence-corrected chi connectivity index (χ3v) is 4.05. The molecule has 1 heterocycles. The summed E-state index contributed by atoms with van der Waals surface area (Å²) in [5, 5.41) is 0. The molecule has 2 rings (SSSR count). The standard InChI is InChI=1S/C16H26N2O3/c1-19-15-9-8-12(11-16(15)20-2)14(18-17)7-3-5-13-6-4-10-21-13/h8-9,11,13-14,18H,3-7,10,17H2,1-2H3. The number of hydrogen-bond acceptors (Lipinski definition) is 5. The Kier molecular flexibility index (Phi) is 6.29. The molecule has 0 aromatic heterocycles. The third-order valence-electron chi connectivity index (χ3n) is 4.05. The Bertz CT molecular complexity index is 434. The zero-order valence-electron chi connectivity index (χ0n) is 12.9. The van der Waals surface area contributed by atoms with Crippen LogP contribution in [0.15, 0.2) is 18.2 Å². The molecule has 5 nitrogen and oxygen atoms in total. The van der Waals surface area contributed by atoms with Gasteiger partial charge < -0.3 is 14.2 Å². The van der Waals surface area contributed by atoms with Gasteiger partial charge in [0.05, 0.1) is 20.3 Å². The van der Waals surface area contributed by atoms with E-state index < -0.39 is 0 Å². The highest BCUT2D eigenvalue weighted by atomic mass is 16.5. The van der Waals surface area contributed by atoms with Gasteiger partial charge in [-0.1, -0.05) is 6.07 Å². The van der Waals surface area contributed by atoms with Crippen LogP contribution in [0.25, 0.3) is 0 Å². The van der Waals surface area contributed by atoms with Gasteiger partial charge in [0.1, 0.15) is 0 Å². The number of rotatable bonds is 8. The molecule has 3 N–H and O–H groups in total. The molecule has 118 valence electrons. The molecule has 1 aromatic rings. The van der Waals surface area contributed by atoms with E-state index in [1.165, 1.54) is 12.8 Å². The molecular weight excluding hydrogens is 268 g/mol. The first kappa shape index (κ1) is 16.1. The topological polar surface area (TPSA) is 65.7 Å². The number of ether oxygens (including phenoxy) is 3. The van der Waals surface area contributed by atoms with Crippen molar-refractivity contribution < 1.29 is 14.2 Å². The third kappa shape index (κ3) is 4.33. The first-order valence-electron chi connectivity index (χ1n) is 7.58. The Morgan fingerprint density at radius 1 is 1.33 bits per heavy atom. The summed E-state index contributed by atoms with van der Waals surface area (Å²) in [5.74, 6) is 7.17. The van der Waals surface area contributed by atoms with Crippen LogP contribution in [0, 0.1) is 0 Å². The summed E-state index contributed by atoms with van der Waals surface area (Å²) in [6.45, 7) is 0.916. The summed E-state index contributed by atoms with van der Waals surface area (Å²) < 4.78 is 16.3. The van der Waals surface area contributed by atoms with Crippen molar-refractivity contribution in [3.8, 4) is 11.5 Å². The van der Waals surface area contributed by atoms with Gasteiger partial charge in [0.2, 0.25) is 0 Å². The normalized spacial score (nSPS) is 19.5. The molecule has 21 heavy (non-hydrogen) atoms. The Morgan fingerprint density at radius 3 is 2.76 bits per heavy atom. The number of hydrazine groups is 1. The second kappa shape index (κ2) is 8.22. The summed E-state index contributed by atoms with van der Waals surface area (Å²) in [4.78, 5) is 0. The van der Waals surface area contributed by atoms with Crippen molar-refractivity contribution in [2.24, 2.45) is 5.84 Å². The number of benzene rings is 1. The maximum Gasteiger partial charge on any atom is 0.161 e. The van der Waals surface area contributed by atoms with Crippen LogP contribution in [0.2, 0.25) is 0 Å². The van der Waals surface area contributed by atoms with Gasteiger partial charge in [-0.2, -0.15) is 0 Å². The Morgan fingerprint density at radius 2 is 2.14 bits per heavy atom. The van der Waals surface area contributed by atoms with Gasteiger partial charge in [0.15, 0.2) is 11.5 Å². The highest BCUT2D eigenvalue weighted by Crippen LogP contribution is 2.31. The number of nitrogens with one attached hydrogen (secondary N) is 1. The minimum atomic E-state index is 0.117. The smallest absolute Gasteiger partial charge is 0.161 e. The van der Waals surface area contributed by atoms with Crippen molar-refractivity contribution in [3.05, 3.63) is 23.8 Å². The van der Waals surface area contributed by atoms with Gasteiger partial charge in [-0.15, -0.1) is 0 Å². The van der Waals surface area contributed by atoms with E-state index in [1.807, 2.05) is 18.2 Å². The van der Waals surface area contributed by atoms with E-state index >= 15 is 0 Å². The van der Waals surface area contributed by atoms with Gasteiger partial charge in [0, 0.05) is 12.6 Å². The molecule has 0 aliphatic carbocycles. The van der Waals surface area contributed by atoms with Crippen LogP contribution in [-0.2, 0) is 4.74 Å². The van der Waals surface area contributed by atoms with E-state index in [-0.39, 0.29) is 6.04 Å². The summed E-state index contributed by atoms with van der Waals surface area (Å²) in [6, 6.07) is 6.04. The number of nitrogens with two attached hydrogens (primary N) is 1. The number of hydrogen-bond donors (Lipinski definition) is 2. The van der Waals surface area contributed by atoms with Crippen molar-refractivity contribution in [2.75, 3.05) is 20.8 Å². The predicted octanol–water partition coefficient (Wildman–Crippen LogP) is 2.56. The second-order valence-electron chi connectivity index (χ2n) is 5.40. The zero-order valence-corrected chi connectivity index (χ0v) is 12.9. The molecule has 2 unspecified atom stereocenters. The van der Waals surface area contributed by atoms with Gasteiger partial charge in [-0.25, -0.2) is 0 Å². The van der Waals surface area contributed by atoms with E-state index in [2.05, 4.69) is 5.43 Å². The van der Waals surface area contributed by atoms with Crippen LogP contribution >= 0.6 is 0 Å². The average molecular weight is 294 g/mol. The molecule has 2 atom stereocenters. The molecule has 1 aromatic carbocycles. The van der Waals surface area contributed by atoms with Crippen molar-refractivity contribution in [2.45, 2.75) is 44.2 Å². The van der Waals surface area contributed by atoms with E-state index in [0.717, 1.165) is 42.9 Å². The monoisotopic (exact) mass is 294 g/mol. The van der Waals surface area contributed by atoms with Crippen LogP contribution < -0.4 is 20.7 Å². The van der Waals surface area contributed by atoms with Crippen molar-refractivity contribution in [1.29, 1.82) is 0 Å². The van der Waals surface area contributed by atoms with E-state index in [1.54, 1.807) is 14.2 Å². The molecular formula is C16H26N2O3. The first-order valence-corrected chi connectivity index (χ1v) is 7.58. The number of methoxy groups -OCH3 is 2. The Balaban J connectivity index is 1.92. The summed E-state index contributed by atoms with van der Waals surface area (Å²) in [5.41, 5.74) is 4.01. The molecule has 1 saturated heterocycles. The van der Waals surface area contributed by atoms with E-state index in [9.17, 15) is 0 Å². The zero-order chi connectivity index (χ0) is 15.1. The Labute approximate surface area is 126 Å². The molecule has 0 bridgehead atoms. The lowest BCUT2D eigenvalue weighted by Crippen LogP contribution is -2.28. The van der Waals surface area contributed by atoms with Crippen molar-refractivity contribution >= 4 is 0 Å². The highest BCUT2D eigenvalue weighted by molar-refractivity contribution is 5.43. The van der Waals surface area contributed by atoms with Crippen molar-refractivity contribution in [3.63, 3.8) is 0 Å². The van der Waals surface area contributed by atoms with Crippen LogP contribution in [0.5, 0.6) is 11.5 Å². The maximum absolute atomic E-state index is 5.71. The molecule has 1 fully saturated rings.